The molecule has 0 aliphatic heterocycles. The predicted molar refractivity (Wildman–Crippen MR) is 108 cm³/mol. The van der Waals surface area contributed by atoms with Crippen LogP contribution in [0, 0.1) is 0 Å². The highest BCUT2D eigenvalue weighted by molar-refractivity contribution is 5.80. The van der Waals surface area contributed by atoms with Gasteiger partial charge in [0.2, 0.25) is 0 Å². The van der Waals surface area contributed by atoms with E-state index in [0.717, 1.165) is 19.6 Å². The first-order valence-electron chi connectivity index (χ1n) is 9.33. The Morgan fingerprint density at radius 3 is 1.68 bits per heavy atom. The van der Waals surface area contributed by atoms with Gasteiger partial charge in [0.05, 0.1) is 39.5 Å². The van der Waals surface area contributed by atoms with E-state index >= 15 is 0 Å². The molecule has 0 radical (unpaired) electrons. The number of esters is 1. The molecule has 0 aromatic rings. The summed E-state index contributed by atoms with van der Waals surface area (Å²) in [6.07, 6.45) is 1.49. The van der Waals surface area contributed by atoms with Gasteiger partial charge < -0.3 is 38.5 Å². The Morgan fingerprint density at radius 1 is 0.714 bits per heavy atom. The van der Waals surface area contributed by atoms with Gasteiger partial charge in [0.15, 0.2) is 0 Å². The van der Waals surface area contributed by atoms with Gasteiger partial charge in [-0.1, -0.05) is 0 Å². The minimum atomic E-state index is -0.345. The third kappa shape index (κ3) is 39.8. The molecule has 28 heavy (non-hydrogen) atoms. The second kappa shape index (κ2) is 30.6. The third-order valence-electron chi connectivity index (χ3n) is 2.87. The zero-order valence-electron chi connectivity index (χ0n) is 18.5. The standard InChI is InChI=1S/C8H14O4.C7H17NO2.C4H10O2/c1-7(9)3-4-8(10)12-6-5-11-2;1-8-4-3-5-10-7-6-9-2;1-5-3-4-6-2/h3-6H2,1-2H3;8H,3-7H2,1-2H3;3-4H2,1-2H3. The monoisotopic (exact) mass is 411 g/mol. The van der Waals surface area contributed by atoms with Gasteiger partial charge in [0.1, 0.15) is 12.4 Å². The number of Topliss-reactive ketones (excluding diaryl/α,β-unsaturated/α-hetero) is 1. The molecule has 0 amide bonds. The minimum absolute atomic E-state index is 0.00121. The van der Waals surface area contributed by atoms with Gasteiger partial charge >= 0.3 is 5.97 Å². The smallest absolute Gasteiger partial charge is 0.306 e. The van der Waals surface area contributed by atoms with E-state index in [2.05, 4.69) is 19.5 Å². The Morgan fingerprint density at radius 2 is 1.21 bits per heavy atom. The van der Waals surface area contributed by atoms with Crippen molar-refractivity contribution in [1.82, 2.24) is 5.32 Å². The van der Waals surface area contributed by atoms with Crippen molar-refractivity contribution in [1.29, 1.82) is 0 Å². The Kier molecular flexibility index (Phi) is 34.5. The van der Waals surface area contributed by atoms with Crippen molar-refractivity contribution < 1.29 is 38.0 Å². The number of ketones is 1. The Labute approximate surface area is 170 Å². The molecule has 0 aromatic carbocycles. The summed E-state index contributed by atoms with van der Waals surface area (Å²) in [5.41, 5.74) is 0. The molecule has 0 aliphatic rings. The van der Waals surface area contributed by atoms with Gasteiger partial charge in [-0.25, -0.2) is 0 Å². The first kappa shape index (κ1) is 31.6. The van der Waals surface area contributed by atoms with E-state index < -0.39 is 0 Å². The summed E-state index contributed by atoms with van der Waals surface area (Å²) < 4.78 is 28.7. The van der Waals surface area contributed by atoms with Crippen molar-refractivity contribution in [3.05, 3.63) is 0 Å². The van der Waals surface area contributed by atoms with Gasteiger partial charge in [-0.2, -0.15) is 0 Å². The molecule has 0 saturated heterocycles. The summed E-state index contributed by atoms with van der Waals surface area (Å²) in [7, 11) is 8.45. The second-order valence-electron chi connectivity index (χ2n) is 5.46. The molecule has 1 N–H and O–H groups in total. The molecular formula is C19H41NO8. The van der Waals surface area contributed by atoms with Crippen LogP contribution in [0.5, 0.6) is 0 Å². The van der Waals surface area contributed by atoms with Crippen molar-refractivity contribution in [2.45, 2.75) is 26.2 Å². The maximum Gasteiger partial charge on any atom is 0.306 e. The number of nitrogens with one attached hydrogen (secondary N) is 1. The molecule has 0 aliphatic carbocycles. The zero-order valence-corrected chi connectivity index (χ0v) is 18.5. The number of hydrogen-bond acceptors (Lipinski definition) is 9. The summed E-state index contributed by atoms with van der Waals surface area (Å²) in [5.74, 6) is -0.346. The van der Waals surface area contributed by atoms with Crippen LogP contribution >= 0.6 is 0 Å². The van der Waals surface area contributed by atoms with Crippen LogP contribution in [0.4, 0.5) is 0 Å². The quantitative estimate of drug-likeness (QED) is 0.295. The first-order valence-corrected chi connectivity index (χ1v) is 9.33. The van der Waals surface area contributed by atoms with E-state index in [9.17, 15) is 9.59 Å². The van der Waals surface area contributed by atoms with Gasteiger partial charge in [0, 0.05) is 41.5 Å². The lowest BCUT2D eigenvalue weighted by Crippen LogP contribution is -2.11. The molecule has 0 unspecified atom stereocenters. The van der Waals surface area contributed by atoms with Crippen LogP contribution < -0.4 is 5.32 Å². The SMILES string of the molecule is CNCCCOCCOC.COCCOC.COCCOC(=O)CCC(C)=O. The van der Waals surface area contributed by atoms with Crippen LogP contribution in [0.3, 0.4) is 0 Å². The highest BCUT2D eigenvalue weighted by Crippen LogP contribution is 1.93. The van der Waals surface area contributed by atoms with Crippen molar-refractivity contribution >= 4 is 11.8 Å². The Hall–Kier alpha value is -1.10. The maximum atomic E-state index is 10.8. The molecule has 0 bridgehead atoms. The summed E-state index contributed by atoms with van der Waals surface area (Å²) >= 11 is 0. The molecule has 0 atom stereocenters. The summed E-state index contributed by atoms with van der Waals surface area (Å²) in [6.45, 7) is 6.73. The molecule has 0 saturated carbocycles. The van der Waals surface area contributed by atoms with E-state index in [0.29, 0.717) is 33.0 Å². The highest BCUT2D eigenvalue weighted by Gasteiger charge is 2.03. The van der Waals surface area contributed by atoms with Gasteiger partial charge in [-0.15, -0.1) is 0 Å². The molecule has 0 heterocycles. The van der Waals surface area contributed by atoms with Crippen LogP contribution in [0.1, 0.15) is 26.2 Å². The third-order valence-corrected chi connectivity index (χ3v) is 2.87. The molecule has 0 spiro atoms. The predicted octanol–water partition coefficient (Wildman–Crippen LogP) is 1.08. The lowest BCUT2D eigenvalue weighted by Gasteiger charge is -2.01. The van der Waals surface area contributed by atoms with Gasteiger partial charge in [-0.3, -0.25) is 4.79 Å². The number of carbonyl (C=O) groups is 2. The fourth-order valence-electron chi connectivity index (χ4n) is 1.35. The van der Waals surface area contributed by atoms with Crippen LogP contribution in [-0.2, 0) is 38.0 Å². The van der Waals surface area contributed by atoms with Crippen LogP contribution in [0.15, 0.2) is 0 Å². The average molecular weight is 412 g/mol. The van der Waals surface area contributed by atoms with E-state index in [1.807, 2.05) is 7.05 Å². The largest absolute Gasteiger partial charge is 0.463 e. The normalized spacial score (nSPS) is 9.64. The average Bonchev–Trinajstić information content (AvgIpc) is 2.68. The number of methoxy groups -OCH3 is 4. The fraction of sp³-hybridized carbons (Fsp3) is 0.895. The summed E-state index contributed by atoms with van der Waals surface area (Å²) in [6, 6.07) is 0. The van der Waals surface area contributed by atoms with Gasteiger partial charge in [0.25, 0.3) is 0 Å². The summed E-state index contributed by atoms with van der Waals surface area (Å²) in [5, 5.41) is 3.05. The minimum Gasteiger partial charge on any atom is -0.463 e. The first-order chi connectivity index (χ1) is 13.5. The molecule has 9 heteroatoms. The van der Waals surface area contributed by atoms with Crippen molar-refractivity contribution in [3.63, 3.8) is 0 Å². The second-order valence-corrected chi connectivity index (χ2v) is 5.46. The van der Waals surface area contributed by atoms with Gasteiger partial charge in [-0.05, 0) is 26.9 Å². The lowest BCUT2D eigenvalue weighted by molar-refractivity contribution is -0.145. The number of hydrogen-bond donors (Lipinski definition) is 1. The number of ether oxygens (including phenoxy) is 6. The van der Waals surface area contributed by atoms with Crippen LogP contribution in [0.25, 0.3) is 0 Å². The fourth-order valence-corrected chi connectivity index (χ4v) is 1.35. The molecule has 0 fully saturated rings. The van der Waals surface area contributed by atoms with E-state index in [-0.39, 0.29) is 31.2 Å². The van der Waals surface area contributed by atoms with E-state index in [4.69, 9.17) is 14.2 Å². The van der Waals surface area contributed by atoms with E-state index in [1.165, 1.54) is 14.0 Å². The molecular weight excluding hydrogens is 370 g/mol. The highest BCUT2D eigenvalue weighted by atomic mass is 16.6. The van der Waals surface area contributed by atoms with Crippen molar-refractivity contribution in [2.75, 3.05) is 88.3 Å². The Balaban J connectivity index is -0.000000354. The Bertz CT molecular complexity index is 304. The number of carbonyl (C=O) groups excluding carboxylic acids is 2. The van der Waals surface area contributed by atoms with Crippen LogP contribution in [-0.4, -0.2) is 100 Å². The molecule has 170 valence electrons. The molecule has 0 rings (SSSR count). The maximum absolute atomic E-state index is 10.8. The van der Waals surface area contributed by atoms with Crippen molar-refractivity contribution in [3.8, 4) is 0 Å². The number of rotatable bonds is 16. The zero-order chi connectivity index (χ0) is 21.9. The summed E-state index contributed by atoms with van der Waals surface area (Å²) in [4.78, 5) is 21.2. The topological polar surface area (TPSA) is 102 Å². The lowest BCUT2D eigenvalue weighted by atomic mass is 10.2. The van der Waals surface area contributed by atoms with Crippen LogP contribution in [0.2, 0.25) is 0 Å². The van der Waals surface area contributed by atoms with E-state index in [1.54, 1.807) is 21.3 Å². The van der Waals surface area contributed by atoms with Crippen molar-refractivity contribution in [2.24, 2.45) is 0 Å². The molecule has 9 nitrogen and oxygen atoms in total. The molecule has 0 aromatic heterocycles.